The molecule has 0 spiro atoms. The maximum Gasteiger partial charge on any atom is 1.00 e. The molecule has 0 fully saturated rings. The quantitative estimate of drug-likeness (QED) is 0.145. The van der Waals surface area contributed by atoms with E-state index in [1.165, 1.54) is 24.3 Å². The number of hydrogen-bond donors (Lipinski definition) is 6. The van der Waals surface area contributed by atoms with E-state index in [-0.39, 0.29) is 52.4 Å². The summed E-state index contributed by atoms with van der Waals surface area (Å²) >= 11 is 0. The molecule has 10 nitrogen and oxygen atoms in total. The van der Waals surface area contributed by atoms with Crippen molar-refractivity contribution in [3.8, 4) is 5.75 Å². The molecule has 0 heterocycles. The summed E-state index contributed by atoms with van der Waals surface area (Å²) in [4.78, 5) is 35.4. The molecule has 1 unspecified atom stereocenters. The van der Waals surface area contributed by atoms with Crippen molar-refractivity contribution in [3.63, 3.8) is 0 Å². The standard InChI is InChI=1S/C19H21N5O5.Na/c20-19(21)23-12-5-3-4-11(8-12)18(29)22-10-16(26)24-14(9-17(27)28)13-6-1-2-7-15(13)25;/h1-8,14,25H,9-10H2,(H,22,29)(H,24,26)(H,27,28)(H4,20,21,23);/q;+1/p-1. The molecule has 0 bridgehead atoms. The summed E-state index contributed by atoms with van der Waals surface area (Å²) in [6, 6.07) is 11.1. The minimum absolute atomic E-state index is 0. The Kier molecular flexibility index (Phi) is 9.82. The number of hydrogen-bond acceptors (Lipinski definition) is 6. The first kappa shape index (κ1) is 25.0. The Morgan fingerprint density at radius 2 is 1.83 bits per heavy atom. The van der Waals surface area contributed by atoms with Crippen LogP contribution in [-0.2, 0) is 9.59 Å². The summed E-state index contributed by atoms with van der Waals surface area (Å²) in [5, 5.41) is 35.5. The molecule has 2 rings (SSSR count). The summed E-state index contributed by atoms with van der Waals surface area (Å²) in [7, 11) is 0. The van der Waals surface area contributed by atoms with Crippen molar-refractivity contribution in [1.82, 2.24) is 10.6 Å². The second-order valence-electron chi connectivity index (χ2n) is 6.06. The largest absolute Gasteiger partial charge is 1.00 e. The molecule has 0 aliphatic carbocycles. The first-order valence-corrected chi connectivity index (χ1v) is 8.52. The van der Waals surface area contributed by atoms with Gasteiger partial charge in [0.25, 0.3) is 5.91 Å². The molecule has 152 valence electrons. The molecule has 30 heavy (non-hydrogen) atoms. The van der Waals surface area contributed by atoms with Gasteiger partial charge in [0.15, 0.2) is 5.96 Å². The number of rotatable bonds is 8. The Morgan fingerprint density at radius 1 is 1.13 bits per heavy atom. The second-order valence-corrected chi connectivity index (χ2v) is 6.06. The van der Waals surface area contributed by atoms with E-state index in [1.807, 2.05) is 0 Å². The molecule has 0 saturated heterocycles. The first-order valence-electron chi connectivity index (χ1n) is 8.52. The Balaban J connectivity index is 0.00000450. The molecule has 0 aromatic heterocycles. The summed E-state index contributed by atoms with van der Waals surface area (Å²) in [5.41, 5.74) is 6.13. The maximum absolute atomic E-state index is 12.2. The molecule has 0 aliphatic heterocycles. The average Bonchev–Trinajstić information content (AvgIpc) is 2.65. The number of benzene rings is 2. The van der Waals surface area contributed by atoms with Crippen LogP contribution in [0.3, 0.4) is 0 Å². The number of guanidine groups is 1. The number of nitrogens with two attached hydrogens (primary N) is 1. The number of aliphatic carboxylic acids is 1. The minimum Gasteiger partial charge on any atom is -0.550 e. The van der Waals surface area contributed by atoms with Crippen molar-refractivity contribution >= 4 is 29.4 Å². The van der Waals surface area contributed by atoms with Gasteiger partial charge in [-0.2, -0.15) is 0 Å². The van der Waals surface area contributed by atoms with Crippen molar-refractivity contribution in [3.05, 3.63) is 59.7 Å². The number of aromatic hydroxyl groups is 1. The van der Waals surface area contributed by atoms with Crippen LogP contribution in [0.4, 0.5) is 5.69 Å². The van der Waals surface area contributed by atoms with Gasteiger partial charge in [-0.05, 0) is 24.3 Å². The van der Waals surface area contributed by atoms with Gasteiger partial charge in [-0.25, -0.2) is 0 Å². The molecule has 0 radical (unpaired) electrons. The predicted octanol–water partition coefficient (Wildman–Crippen LogP) is -3.57. The number of nitrogens with one attached hydrogen (secondary N) is 4. The summed E-state index contributed by atoms with van der Waals surface area (Å²) < 4.78 is 0. The Hall–Kier alpha value is -3.08. The van der Waals surface area contributed by atoms with E-state index in [9.17, 15) is 24.6 Å². The topological polar surface area (TPSA) is 180 Å². The SMILES string of the molecule is N=C(N)Nc1cccc(C(=O)NCC(=O)NC(CC(=O)[O-])c2ccccc2O)c1.[Na+]. The normalized spacial score (nSPS) is 10.8. The van der Waals surface area contributed by atoms with E-state index in [2.05, 4.69) is 16.0 Å². The molecule has 0 saturated carbocycles. The number of amides is 2. The van der Waals surface area contributed by atoms with Gasteiger partial charge in [-0.1, -0.05) is 24.3 Å². The van der Waals surface area contributed by atoms with E-state index >= 15 is 0 Å². The Labute approximate surface area is 194 Å². The van der Waals surface area contributed by atoms with Gasteiger partial charge in [0.2, 0.25) is 5.91 Å². The summed E-state index contributed by atoms with van der Waals surface area (Å²) in [6.45, 7) is -0.416. The fourth-order valence-electron chi connectivity index (χ4n) is 2.59. The van der Waals surface area contributed by atoms with E-state index < -0.39 is 36.8 Å². The molecule has 2 aromatic rings. The molecular formula is C19H20N5NaO5. The number of para-hydroxylation sites is 1. The molecule has 1 atom stereocenters. The van der Waals surface area contributed by atoms with Gasteiger partial charge in [-0.3, -0.25) is 15.0 Å². The van der Waals surface area contributed by atoms with Crippen LogP contribution < -0.4 is 56.3 Å². The van der Waals surface area contributed by atoms with E-state index in [0.29, 0.717) is 5.69 Å². The number of carboxylic acid groups (broad SMARTS) is 1. The zero-order chi connectivity index (χ0) is 21.4. The summed E-state index contributed by atoms with van der Waals surface area (Å²) in [5.74, 6) is -3.06. The van der Waals surface area contributed by atoms with Crippen LogP contribution in [0.1, 0.15) is 28.4 Å². The fourth-order valence-corrected chi connectivity index (χ4v) is 2.59. The number of carbonyl (C=O) groups is 3. The van der Waals surface area contributed by atoms with Crippen molar-refractivity contribution in [1.29, 1.82) is 5.41 Å². The first-order chi connectivity index (χ1) is 13.8. The van der Waals surface area contributed by atoms with Crippen molar-refractivity contribution in [2.45, 2.75) is 12.5 Å². The summed E-state index contributed by atoms with van der Waals surface area (Å²) in [6.07, 6.45) is -0.546. The number of carboxylic acids is 1. The average molecular weight is 421 g/mol. The smallest absolute Gasteiger partial charge is 0.550 e. The van der Waals surface area contributed by atoms with Gasteiger partial charge in [0.05, 0.1) is 12.6 Å². The van der Waals surface area contributed by atoms with Crippen LogP contribution in [0.15, 0.2) is 48.5 Å². The monoisotopic (exact) mass is 421 g/mol. The number of carbonyl (C=O) groups excluding carboxylic acids is 3. The third kappa shape index (κ3) is 7.74. The van der Waals surface area contributed by atoms with Gasteiger partial charge >= 0.3 is 29.6 Å². The van der Waals surface area contributed by atoms with E-state index in [0.717, 1.165) is 0 Å². The zero-order valence-corrected chi connectivity index (χ0v) is 18.3. The van der Waals surface area contributed by atoms with Crippen LogP contribution in [0.5, 0.6) is 5.75 Å². The van der Waals surface area contributed by atoms with Crippen LogP contribution in [-0.4, -0.2) is 35.4 Å². The van der Waals surface area contributed by atoms with Crippen LogP contribution in [0.25, 0.3) is 0 Å². The van der Waals surface area contributed by atoms with Crippen molar-refractivity contribution in [2.24, 2.45) is 5.73 Å². The molecule has 2 aromatic carbocycles. The number of anilines is 1. The van der Waals surface area contributed by atoms with Crippen molar-refractivity contribution in [2.75, 3.05) is 11.9 Å². The molecular weight excluding hydrogens is 401 g/mol. The molecule has 2 amide bonds. The minimum atomic E-state index is -1.41. The third-order valence-corrected chi connectivity index (χ3v) is 3.83. The fraction of sp³-hybridized carbons (Fsp3) is 0.158. The molecule has 0 aliphatic rings. The van der Waals surface area contributed by atoms with Gasteiger partial charge in [0, 0.05) is 29.2 Å². The van der Waals surface area contributed by atoms with Crippen LogP contribution in [0, 0.1) is 5.41 Å². The maximum atomic E-state index is 12.2. The van der Waals surface area contributed by atoms with Crippen LogP contribution >= 0.6 is 0 Å². The van der Waals surface area contributed by atoms with Crippen molar-refractivity contribution < 1.29 is 54.2 Å². The van der Waals surface area contributed by atoms with Gasteiger partial charge in [-0.15, -0.1) is 0 Å². The van der Waals surface area contributed by atoms with E-state index in [1.54, 1.807) is 24.3 Å². The Morgan fingerprint density at radius 3 is 2.47 bits per heavy atom. The van der Waals surface area contributed by atoms with Gasteiger partial charge < -0.3 is 36.7 Å². The van der Waals surface area contributed by atoms with Crippen LogP contribution in [0.2, 0.25) is 0 Å². The Bertz CT molecular complexity index is 937. The van der Waals surface area contributed by atoms with Gasteiger partial charge in [0.1, 0.15) is 5.75 Å². The molecule has 11 heteroatoms. The second kappa shape index (κ2) is 11.8. The number of phenols is 1. The zero-order valence-electron chi connectivity index (χ0n) is 16.3. The third-order valence-electron chi connectivity index (χ3n) is 3.83. The molecule has 7 N–H and O–H groups in total. The number of phenolic OH excluding ortho intramolecular Hbond substituents is 1. The van der Waals surface area contributed by atoms with E-state index in [4.69, 9.17) is 11.1 Å². The predicted molar refractivity (Wildman–Crippen MR) is 103 cm³/mol.